The van der Waals surface area contributed by atoms with Crippen LogP contribution in [0, 0.1) is 0 Å². The van der Waals surface area contributed by atoms with Gasteiger partial charge in [-0.3, -0.25) is 9.48 Å². The number of carboxylic acids is 1. The number of carboxylic acid groups (broad SMARTS) is 1. The summed E-state index contributed by atoms with van der Waals surface area (Å²) in [6, 6.07) is 10.8. The summed E-state index contributed by atoms with van der Waals surface area (Å²) in [4.78, 5) is 25.5. The molecule has 3 heterocycles. The number of aliphatic carboxylic acids is 1. The van der Waals surface area contributed by atoms with Crippen LogP contribution in [0.2, 0.25) is 5.02 Å². The number of carbonyl (C=O) groups excluding carboxylic acids is 1. The number of benzene rings is 1. The summed E-state index contributed by atoms with van der Waals surface area (Å²) in [7, 11) is 0. The van der Waals surface area contributed by atoms with Crippen LogP contribution >= 0.6 is 11.6 Å². The van der Waals surface area contributed by atoms with E-state index >= 15 is 0 Å². The van der Waals surface area contributed by atoms with Crippen LogP contribution in [0.3, 0.4) is 0 Å². The molecule has 0 saturated carbocycles. The van der Waals surface area contributed by atoms with Gasteiger partial charge >= 0.3 is 12.1 Å². The fourth-order valence-electron chi connectivity index (χ4n) is 3.09. The minimum absolute atomic E-state index is 0.248. The summed E-state index contributed by atoms with van der Waals surface area (Å²) in [5.74, 6) is -2.13. The van der Waals surface area contributed by atoms with Gasteiger partial charge in [-0.15, -0.1) is 0 Å². The number of hydrogen-bond donors (Lipinski definition) is 3. The molecule has 3 N–H and O–H groups in total. The normalized spacial score (nSPS) is 13.9. The van der Waals surface area contributed by atoms with Crippen molar-refractivity contribution in [3.8, 4) is 11.6 Å². The number of rotatable bonds is 5. The molecule has 1 aliphatic heterocycles. The molecule has 0 bridgehead atoms. The van der Waals surface area contributed by atoms with Crippen LogP contribution in [0.1, 0.15) is 29.2 Å². The second-order valence-electron chi connectivity index (χ2n) is 7.36. The molecule has 35 heavy (non-hydrogen) atoms. The summed E-state index contributed by atoms with van der Waals surface area (Å²) >= 11 is 6.08. The number of pyridine rings is 1. The van der Waals surface area contributed by atoms with Crippen LogP contribution in [-0.2, 0) is 4.79 Å². The number of para-hydroxylation sites is 1. The molecule has 0 aliphatic carbocycles. The molecule has 186 valence electrons. The fraction of sp³-hybridized carbons (Fsp3) is 0.273. The van der Waals surface area contributed by atoms with E-state index in [1.54, 1.807) is 30.5 Å². The van der Waals surface area contributed by atoms with E-state index < -0.39 is 12.1 Å². The van der Waals surface area contributed by atoms with Gasteiger partial charge < -0.3 is 20.5 Å². The first-order valence-corrected chi connectivity index (χ1v) is 10.8. The number of carbonyl (C=O) groups is 2. The smallest absolute Gasteiger partial charge is 0.475 e. The third-order valence-electron chi connectivity index (χ3n) is 4.83. The summed E-state index contributed by atoms with van der Waals surface area (Å²) < 4.78 is 39.3. The van der Waals surface area contributed by atoms with Gasteiger partial charge in [-0.2, -0.15) is 18.3 Å². The van der Waals surface area contributed by atoms with Gasteiger partial charge in [0.15, 0.2) is 0 Å². The van der Waals surface area contributed by atoms with Crippen molar-refractivity contribution in [3.05, 3.63) is 65.6 Å². The lowest BCUT2D eigenvalue weighted by molar-refractivity contribution is -0.192. The number of aromatic nitrogens is 3. The molecule has 2 aromatic heterocycles. The number of alkyl halides is 3. The van der Waals surface area contributed by atoms with Gasteiger partial charge in [0, 0.05) is 18.5 Å². The number of piperidine rings is 1. The molecule has 1 saturated heterocycles. The zero-order valence-corrected chi connectivity index (χ0v) is 18.9. The number of nitrogens with one attached hydrogen (secondary N) is 2. The fourth-order valence-corrected chi connectivity index (χ4v) is 3.27. The topological polar surface area (TPSA) is 118 Å². The molecule has 1 aromatic carbocycles. The lowest BCUT2D eigenvalue weighted by atomic mass is 10.1. The van der Waals surface area contributed by atoms with Gasteiger partial charge in [0.05, 0.1) is 28.5 Å². The highest BCUT2D eigenvalue weighted by molar-refractivity contribution is 6.32. The molecule has 13 heteroatoms. The van der Waals surface area contributed by atoms with E-state index in [0.717, 1.165) is 25.9 Å². The second-order valence-corrected chi connectivity index (χ2v) is 7.77. The van der Waals surface area contributed by atoms with E-state index in [1.807, 2.05) is 23.0 Å². The average Bonchev–Trinajstić information content (AvgIpc) is 3.30. The molecule has 1 amide bonds. The van der Waals surface area contributed by atoms with Crippen LogP contribution in [0.5, 0.6) is 11.6 Å². The van der Waals surface area contributed by atoms with Gasteiger partial charge in [-0.05, 0) is 44.1 Å². The van der Waals surface area contributed by atoms with Crippen LogP contribution in [0.25, 0.3) is 0 Å². The molecule has 0 unspecified atom stereocenters. The van der Waals surface area contributed by atoms with Gasteiger partial charge in [0.2, 0.25) is 5.88 Å². The van der Waals surface area contributed by atoms with Crippen molar-refractivity contribution in [1.82, 2.24) is 20.1 Å². The van der Waals surface area contributed by atoms with Crippen molar-refractivity contribution in [2.24, 2.45) is 0 Å². The Labute approximate surface area is 202 Å². The Morgan fingerprint density at radius 2 is 1.83 bits per heavy atom. The number of nitrogens with zero attached hydrogens (tertiary/aromatic N) is 3. The predicted molar refractivity (Wildman–Crippen MR) is 121 cm³/mol. The highest BCUT2D eigenvalue weighted by atomic mass is 35.5. The number of hydrogen-bond acceptors (Lipinski definition) is 6. The molecular weight excluding hydrogens is 491 g/mol. The van der Waals surface area contributed by atoms with Crippen LogP contribution in [-0.4, -0.2) is 51.0 Å². The Bertz CT molecular complexity index is 1150. The van der Waals surface area contributed by atoms with Crippen LogP contribution in [0.15, 0.2) is 55.0 Å². The Kier molecular flexibility index (Phi) is 8.66. The third kappa shape index (κ3) is 7.69. The van der Waals surface area contributed by atoms with Crippen molar-refractivity contribution in [1.29, 1.82) is 0 Å². The molecule has 4 rings (SSSR count). The van der Waals surface area contributed by atoms with Crippen molar-refractivity contribution in [3.63, 3.8) is 0 Å². The zero-order valence-electron chi connectivity index (χ0n) is 18.1. The molecule has 1 fully saturated rings. The van der Waals surface area contributed by atoms with Crippen LogP contribution in [0.4, 0.5) is 18.9 Å². The van der Waals surface area contributed by atoms with Crippen molar-refractivity contribution >= 4 is 29.2 Å². The van der Waals surface area contributed by atoms with Crippen molar-refractivity contribution < 1.29 is 32.6 Å². The number of ether oxygens (including phenoxy) is 1. The Balaban J connectivity index is 0.000000429. The standard InChI is InChI=1S/C20H20ClN5O2.C2HF3O2/c21-17-3-1-2-4-18(17)28-19-6-5-14(11-23-19)20(27)25-15-12-24-26(13-15)16-7-9-22-10-8-16;3-2(4,5)1(6)7/h1-6,11-13,16,22H,7-10H2,(H,25,27);(H,6,7). The summed E-state index contributed by atoms with van der Waals surface area (Å²) in [6.07, 6.45) is 1.99. The van der Waals surface area contributed by atoms with Crippen molar-refractivity contribution in [2.75, 3.05) is 18.4 Å². The molecule has 0 spiro atoms. The van der Waals surface area contributed by atoms with E-state index in [9.17, 15) is 18.0 Å². The number of anilines is 1. The summed E-state index contributed by atoms with van der Waals surface area (Å²) in [5, 5.41) is 18.2. The first-order valence-electron chi connectivity index (χ1n) is 10.4. The number of halogens is 4. The van der Waals surface area contributed by atoms with Gasteiger partial charge in [0.25, 0.3) is 5.91 Å². The third-order valence-corrected chi connectivity index (χ3v) is 5.15. The minimum atomic E-state index is -5.08. The van der Waals surface area contributed by atoms with Gasteiger partial charge in [-0.25, -0.2) is 9.78 Å². The minimum Gasteiger partial charge on any atom is -0.475 e. The Morgan fingerprint density at radius 3 is 2.43 bits per heavy atom. The summed E-state index contributed by atoms with van der Waals surface area (Å²) in [6.45, 7) is 1.97. The van der Waals surface area contributed by atoms with E-state index in [2.05, 4.69) is 20.7 Å². The Morgan fingerprint density at radius 1 is 1.14 bits per heavy atom. The monoisotopic (exact) mass is 511 g/mol. The maximum Gasteiger partial charge on any atom is 0.490 e. The predicted octanol–water partition coefficient (Wildman–Crippen LogP) is 4.53. The molecule has 1 aliphatic rings. The largest absolute Gasteiger partial charge is 0.490 e. The lowest BCUT2D eigenvalue weighted by Crippen LogP contribution is -2.29. The molecule has 0 atom stereocenters. The second kappa shape index (κ2) is 11.7. The lowest BCUT2D eigenvalue weighted by Gasteiger charge is -2.22. The quantitative estimate of drug-likeness (QED) is 0.460. The molecule has 0 radical (unpaired) electrons. The molecular formula is C22H21ClF3N5O4. The average molecular weight is 512 g/mol. The maximum absolute atomic E-state index is 12.5. The Hall–Kier alpha value is -3.64. The van der Waals surface area contributed by atoms with E-state index in [-0.39, 0.29) is 5.91 Å². The highest BCUT2D eigenvalue weighted by Crippen LogP contribution is 2.27. The maximum atomic E-state index is 12.5. The first-order chi connectivity index (χ1) is 16.6. The first kappa shape index (κ1) is 26.0. The molecule has 3 aromatic rings. The SMILES string of the molecule is O=C(Nc1cnn(C2CCNCC2)c1)c1ccc(Oc2ccccc2Cl)nc1.O=C(O)C(F)(F)F. The van der Waals surface area contributed by atoms with E-state index in [4.69, 9.17) is 26.2 Å². The van der Waals surface area contributed by atoms with Crippen molar-refractivity contribution in [2.45, 2.75) is 25.1 Å². The van der Waals surface area contributed by atoms with Crippen LogP contribution < -0.4 is 15.4 Å². The summed E-state index contributed by atoms with van der Waals surface area (Å²) in [5.41, 5.74) is 1.10. The van der Waals surface area contributed by atoms with E-state index in [0.29, 0.717) is 33.9 Å². The molecule has 9 nitrogen and oxygen atoms in total. The highest BCUT2D eigenvalue weighted by Gasteiger charge is 2.38. The zero-order chi connectivity index (χ0) is 25.4. The van der Waals surface area contributed by atoms with Gasteiger partial charge in [0.1, 0.15) is 5.75 Å². The van der Waals surface area contributed by atoms with Gasteiger partial charge in [-0.1, -0.05) is 23.7 Å². The number of amides is 1. The van der Waals surface area contributed by atoms with E-state index in [1.165, 1.54) is 6.20 Å².